The molecule has 1 atom stereocenters. The Hall–Kier alpha value is -3.34. The first-order chi connectivity index (χ1) is 16.0. The van der Waals surface area contributed by atoms with Crippen molar-refractivity contribution in [2.45, 2.75) is 45.8 Å². The molecular formula is C28H32N2O3. The van der Waals surface area contributed by atoms with Crippen LogP contribution in [0, 0.1) is 5.92 Å². The van der Waals surface area contributed by atoms with E-state index < -0.39 is 0 Å². The average molecular weight is 445 g/mol. The largest absolute Gasteiger partial charge is 0.491 e. The van der Waals surface area contributed by atoms with Crippen LogP contribution in [0.15, 0.2) is 66.7 Å². The monoisotopic (exact) mass is 444 g/mol. The molecule has 2 amide bonds. The fourth-order valence-electron chi connectivity index (χ4n) is 4.43. The van der Waals surface area contributed by atoms with Gasteiger partial charge in [0.1, 0.15) is 5.75 Å². The topological polar surface area (TPSA) is 58.6 Å². The third kappa shape index (κ3) is 5.92. The number of nitrogens with zero attached hydrogens (tertiary/aromatic N) is 1. The van der Waals surface area contributed by atoms with Crippen molar-refractivity contribution in [2.75, 3.05) is 13.1 Å². The molecular weight excluding hydrogens is 412 g/mol. The zero-order valence-corrected chi connectivity index (χ0v) is 19.4. The van der Waals surface area contributed by atoms with E-state index in [4.69, 9.17) is 4.74 Å². The van der Waals surface area contributed by atoms with Gasteiger partial charge >= 0.3 is 0 Å². The van der Waals surface area contributed by atoms with E-state index in [9.17, 15) is 9.59 Å². The van der Waals surface area contributed by atoms with Crippen molar-refractivity contribution in [3.63, 3.8) is 0 Å². The normalized spacial score (nSPS) is 16.1. The van der Waals surface area contributed by atoms with Crippen LogP contribution in [-0.4, -0.2) is 35.9 Å². The van der Waals surface area contributed by atoms with Crippen LogP contribution in [0.5, 0.6) is 5.75 Å². The minimum absolute atomic E-state index is 0.0140. The highest BCUT2D eigenvalue weighted by atomic mass is 16.5. The molecule has 0 aromatic heterocycles. The molecule has 0 radical (unpaired) electrons. The Morgan fingerprint density at radius 3 is 2.58 bits per heavy atom. The van der Waals surface area contributed by atoms with E-state index in [0.29, 0.717) is 26.1 Å². The Kier molecular flexibility index (Phi) is 7.28. The van der Waals surface area contributed by atoms with Crippen LogP contribution >= 0.6 is 0 Å². The molecule has 3 aromatic rings. The van der Waals surface area contributed by atoms with Crippen LogP contribution in [0.4, 0.5) is 0 Å². The molecule has 5 heteroatoms. The zero-order chi connectivity index (χ0) is 23.2. The quantitative estimate of drug-likeness (QED) is 0.573. The molecule has 0 bridgehead atoms. The van der Waals surface area contributed by atoms with E-state index in [1.165, 1.54) is 0 Å². The highest BCUT2D eigenvalue weighted by molar-refractivity contribution is 5.90. The van der Waals surface area contributed by atoms with Crippen LogP contribution in [-0.2, 0) is 22.6 Å². The van der Waals surface area contributed by atoms with Gasteiger partial charge in [-0.25, -0.2) is 0 Å². The lowest BCUT2D eigenvalue weighted by atomic mass is 9.95. The van der Waals surface area contributed by atoms with Crippen LogP contribution in [0.3, 0.4) is 0 Å². The number of ether oxygens (including phenoxy) is 1. The van der Waals surface area contributed by atoms with Gasteiger partial charge in [0, 0.05) is 19.6 Å². The van der Waals surface area contributed by atoms with E-state index in [1.54, 1.807) is 0 Å². The van der Waals surface area contributed by atoms with Crippen molar-refractivity contribution in [2.24, 2.45) is 5.92 Å². The average Bonchev–Trinajstić information content (AvgIpc) is 2.83. The van der Waals surface area contributed by atoms with Gasteiger partial charge in [-0.1, -0.05) is 54.6 Å². The van der Waals surface area contributed by atoms with E-state index in [0.717, 1.165) is 40.5 Å². The number of amides is 2. The molecule has 4 rings (SSSR count). The van der Waals surface area contributed by atoms with Crippen LogP contribution in [0.2, 0.25) is 0 Å². The third-order valence-corrected chi connectivity index (χ3v) is 6.13. The van der Waals surface area contributed by atoms with Crippen molar-refractivity contribution in [3.8, 4) is 5.75 Å². The Balaban J connectivity index is 1.32. The lowest BCUT2D eigenvalue weighted by Gasteiger charge is -2.32. The molecule has 0 spiro atoms. The number of rotatable bonds is 7. The lowest BCUT2D eigenvalue weighted by molar-refractivity contribution is -0.135. The van der Waals surface area contributed by atoms with Crippen molar-refractivity contribution in [1.29, 1.82) is 0 Å². The number of likely N-dealkylation sites (tertiary alicyclic amines) is 1. The van der Waals surface area contributed by atoms with Gasteiger partial charge < -0.3 is 15.0 Å². The lowest BCUT2D eigenvalue weighted by Crippen LogP contribution is -2.45. The molecule has 0 saturated carbocycles. The highest BCUT2D eigenvalue weighted by Crippen LogP contribution is 2.22. The van der Waals surface area contributed by atoms with Gasteiger partial charge in [0.2, 0.25) is 11.8 Å². The number of hydrogen-bond donors (Lipinski definition) is 1. The minimum Gasteiger partial charge on any atom is -0.491 e. The SMILES string of the molecule is CC(C)Oc1ccc(CNC(=O)[C@H]2CCCN(C(=O)Cc3cccc4ccccc34)C2)cc1. The van der Waals surface area contributed by atoms with E-state index in [-0.39, 0.29) is 23.8 Å². The van der Waals surface area contributed by atoms with Gasteiger partial charge in [-0.3, -0.25) is 9.59 Å². The molecule has 3 aromatic carbocycles. The molecule has 33 heavy (non-hydrogen) atoms. The van der Waals surface area contributed by atoms with Gasteiger partial charge in [-0.2, -0.15) is 0 Å². The maximum Gasteiger partial charge on any atom is 0.227 e. The van der Waals surface area contributed by atoms with Gasteiger partial charge in [-0.15, -0.1) is 0 Å². The number of carbonyl (C=O) groups excluding carboxylic acids is 2. The first-order valence-corrected chi connectivity index (χ1v) is 11.8. The van der Waals surface area contributed by atoms with Crippen LogP contribution in [0.25, 0.3) is 10.8 Å². The van der Waals surface area contributed by atoms with Gasteiger partial charge in [0.05, 0.1) is 18.4 Å². The number of benzene rings is 3. The molecule has 1 N–H and O–H groups in total. The highest BCUT2D eigenvalue weighted by Gasteiger charge is 2.28. The van der Waals surface area contributed by atoms with Gasteiger partial charge in [-0.05, 0) is 60.7 Å². The Morgan fingerprint density at radius 2 is 1.79 bits per heavy atom. The number of hydrogen-bond acceptors (Lipinski definition) is 3. The van der Waals surface area contributed by atoms with Crippen LogP contribution < -0.4 is 10.1 Å². The standard InChI is InChI=1S/C28H32N2O3/c1-20(2)33-25-14-12-21(13-15-25)18-29-28(32)24-10-6-16-30(19-24)27(31)17-23-9-5-8-22-7-3-4-11-26(22)23/h3-5,7-9,11-15,20,24H,6,10,16-19H2,1-2H3,(H,29,32)/t24-/m0/s1. The maximum absolute atomic E-state index is 13.0. The Labute approximate surface area is 195 Å². The predicted octanol–water partition coefficient (Wildman–Crippen LogP) is 4.72. The van der Waals surface area contributed by atoms with Crippen molar-refractivity contribution in [1.82, 2.24) is 10.2 Å². The molecule has 1 fully saturated rings. The van der Waals surface area contributed by atoms with Gasteiger partial charge in [0.15, 0.2) is 0 Å². The summed E-state index contributed by atoms with van der Waals surface area (Å²) in [6, 6.07) is 22.0. The molecule has 1 heterocycles. The zero-order valence-electron chi connectivity index (χ0n) is 19.4. The van der Waals surface area contributed by atoms with Gasteiger partial charge in [0.25, 0.3) is 0 Å². The second-order valence-electron chi connectivity index (χ2n) is 9.02. The smallest absolute Gasteiger partial charge is 0.227 e. The summed E-state index contributed by atoms with van der Waals surface area (Å²) in [5.41, 5.74) is 2.06. The van der Waals surface area contributed by atoms with Crippen molar-refractivity contribution >= 4 is 22.6 Å². The molecule has 0 unspecified atom stereocenters. The summed E-state index contributed by atoms with van der Waals surface area (Å²) < 4.78 is 5.67. The van der Waals surface area contributed by atoms with Crippen molar-refractivity contribution < 1.29 is 14.3 Å². The minimum atomic E-state index is -0.168. The molecule has 1 aliphatic rings. The fourth-order valence-corrected chi connectivity index (χ4v) is 4.43. The Bertz CT molecular complexity index is 1100. The van der Waals surface area contributed by atoms with Crippen molar-refractivity contribution in [3.05, 3.63) is 77.9 Å². The number of piperidine rings is 1. The third-order valence-electron chi connectivity index (χ3n) is 6.13. The number of fused-ring (bicyclic) bond motifs is 1. The predicted molar refractivity (Wildman–Crippen MR) is 131 cm³/mol. The summed E-state index contributed by atoms with van der Waals surface area (Å²) >= 11 is 0. The Morgan fingerprint density at radius 1 is 1.03 bits per heavy atom. The van der Waals surface area contributed by atoms with Crippen LogP contribution in [0.1, 0.15) is 37.8 Å². The number of nitrogens with one attached hydrogen (secondary N) is 1. The molecule has 1 aliphatic heterocycles. The summed E-state index contributed by atoms with van der Waals surface area (Å²) in [6.07, 6.45) is 2.15. The first-order valence-electron chi connectivity index (χ1n) is 11.8. The summed E-state index contributed by atoms with van der Waals surface area (Å²) in [7, 11) is 0. The molecule has 172 valence electrons. The fraction of sp³-hybridized carbons (Fsp3) is 0.357. The van der Waals surface area contributed by atoms with E-state index in [1.807, 2.05) is 67.3 Å². The number of carbonyl (C=O) groups is 2. The van der Waals surface area contributed by atoms with E-state index in [2.05, 4.69) is 23.5 Å². The second kappa shape index (κ2) is 10.5. The summed E-state index contributed by atoms with van der Waals surface area (Å²) in [5, 5.41) is 5.30. The summed E-state index contributed by atoms with van der Waals surface area (Å²) in [6.45, 7) is 5.66. The maximum atomic E-state index is 13.0. The summed E-state index contributed by atoms with van der Waals surface area (Å²) in [5.74, 6) is 0.760. The molecule has 5 nitrogen and oxygen atoms in total. The molecule has 0 aliphatic carbocycles. The molecule has 1 saturated heterocycles. The van der Waals surface area contributed by atoms with E-state index >= 15 is 0 Å². The summed E-state index contributed by atoms with van der Waals surface area (Å²) in [4.78, 5) is 27.7. The second-order valence-corrected chi connectivity index (χ2v) is 9.02. The first kappa shape index (κ1) is 22.8.